The molecule has 0 radical (unpaired) electrons. The predicted octanol–water partition coefficient (Wildman–Crippen LogP) is 4.45. The molecule has 0 aromatic heterocycles. The molecule has 3 heteroatoms. The highest BCUT2D eigenvalue weighted by Crippen LogP contribution is 2.28. The maximum absolute atomic E-state index is 14.1. The molecule has 0 aliphatic heterocycles. The Hall–Kier alpha value is -1.09. The molecule has 2 rings (SSSR count). The second kappa shape index (κ2) is 7.07. The summed E-state index contributed by atoms with van der Waals surface area (Å²) in [5, 5.41) is 3.56. The normalized spacial score (nSPS) is 19.6. The summed E-state index contributed by atoms with van der Waals surface area (Å²) in [6, 6.07) is 5.56. The van der Waals surface area contributed by atoms with Gasteiger partial charge in [0, 0.05) is 23.7 Å². The Morgan fingerprint density at radius 1 is 1.20 bits per heavy atom. The largest absolute Gasteiger partial charge is 0.497 e. The Morgan fingerprint density at radius 2 is 1.90 bits per heavy atom. The van der Waals surface area contributed by atoms with Crippen molar-refractivity contribution in [2.45, 2.75) is 58.0 Å². The molecule has 1 N–H and O–H groups in total. The molecule has 1 aromatic rings. The Morgan fingerprint density at radius 3 is 2.50 bits per heavy atom. The van der Waals surface area contributed by atoms with Crippen molar-refractivity contribution in [1.82, 2.24) is 5.32 Å². The molecule has 1 aliphatic carbocycles. The van der Waals surface area contributed by atoms with Gasteiger partial charge in [0.2, 0.25) is 0 Å². The zero-order valence-corrected chi connectivity index (χ0v) is 12.8. The highest BCUT2D eigenvalue weighted by Gasteiger charge is 2.22. The van der Waals surface area contributed by atoms with Gasteiger partial charge in [0.15, 0.2) is 0 Å². The lowest BCUT2D eigenvalue weighted by atomic mass is 9.84. The van der Waals surface area contributed by atoms with Crippen LogP contribution < -0.4 is 10.1 Å². The smallest absolute Gasteiger partial charge is 0.131 e. The molecule has 0 spiro atoms. The van der Waals surface area contributed by atoms with Crippen LogP contribution in [0.15, 0.2) is 18.2 Å². The first-order valence-electron chi connectivity index (χ1n) is 7.71. The van der Waals surface area contributed by atoms with Gasteiger partial charge in [-0.2, -0.15) is 0 Å². The van der Waals surface area contributed by atoms with Crippen LogP contribution in [-0.2, 0) is 0 Å². The van der Waals surface area contributed by atoms with Crippen LogP contribution >= 0.6 is 0 Å². The van der Waals surface area contributed by atoms with Gasteiger partial charge in [-0.25, -0.2) is 4.39 Å². The van der Waals surface area contributed by atoms with Crippen LogP contribution in [0.3, 0.4) is 0 Å². The van der Waals surface area contributed by atoms with E-state index in [0.29, 0.717) is 17.4 Å². The average Bonchev–Trinajstić information content (AvgIpc) is 2.47. The van der Waals surface area contributed by atoms with E-state index in [0.717, 1.165) is 5.92 Å². The Bertz CT molecular complexity index is 429. The minimum absolute atomic E-state index is 0.0258. The first-order valence-corrected chi connectivity index (χ1v) is 7.71. The third-order valence-corrected chi connectivity index (χ3v) is 4.54. The van der Waals surface area contributed by atoms with Crippen molar-refractivity contribution in [3.05, 3.63) is 29.6 Å². The monoisotopic (exact) mass is 279 g/mol. The van der Waals surface area contributed by atoms with E-state index in [1.165, 1.54) is 38.2 Å². The fourth-order valence-corrected chi connectivity index (χ4v) is 3.24. The second-order valence-corrected chi connectivity index (χ2v) is 5.96. The molecule has 20 heavy (non-hydrogen) atoms. The first kappa shape index (κ1) is 15.3. The van der Waals surface area contributed by atoms with Gasteiger partial charge in [0.1, 0.15) is 11.6 Å². The van der Waals surface area contributed by atoms with E-state index in [4.69, 9.17) is 4.74 Å². The van der Waals surface area contributed by atoms with Crippen LogP contribution in [0.4, 0.5) is 4.39 Å². The van der Waals surface area contributed by atoms with Gasteiger partial charge in [-0.15, -0.1) is 0 Å². The van der Waals surface area contributed by atoms with Crippen molar-refractivity contribution < 1.29 is 9.13 Å². The zero-order valence-electron chi connectivity index (χ0n) is 12.8. The van der Waals surface area contributed by atoms with Gasteiger partial charge in [-0.05, 0) is 38.7 Å². The summed E-state index contributed by atoms with van der Waals surface area (Å²) in [5.41, 5.74) is 0.716. The summed E-state index contributed by atoms with van der Waals surface area (Å²) in [4.78, 5) is 0. The number of halogens is 1. The van der Waals surface area contributed by atoms with E-state index in [9.17, 15) is 4.39 Å². The van der Waals surface area contributed by atoms with Gasteiger partial charge < -0.3 is 10.1 Å². The zero-order chi connectivity index (χ0) is 14.5. The van der Waals surface area contributed by atoms with Crippen LogP contribution in [0, 0.1) is 11.7 Å². The molecule has 2 nitrogen and oxygen atoms in total. The van der Waals surface area contributed by atoms with Crippen molar-refractivity contribution >= 4 is 0 Å². The molecule has 0 heterocycles. The molecule has 1 aliphatic rings. The van der Waals surface area contributed by atoms with Crippen LogP contribution in [0.1, 0.15) is 57.6 Å². The van der Waals surface area contributed by atoms with E-state index in [1.807, 2.05) is 19.1 Å². The summed E-state index contributed by atoms with van der Waals surface area (Å²) in [5.74, 6) is 1.10. The summed E-state index contributed by atoms with van der Waals surface area (Å²) >= 11 is 0. The molecule has 1 aromatic carbocycles. The van der Waals surface area contributed by atoms with E-state index < -0.39 is 0 Å². The van der Waals surface area contributed by atoms with Gasteiger partial charge >= 0.3 is 0 Å². The quantitative estimate of drug-likeness (QED) is 0.859. The number of benzene rings is 1. The van der Waals surface area contributed by atoms with Crippen molar-refractivity contribution in [3.8, 4) is 5.75 Å². The fraction of sp³-hybridized carbons (Fsp3) is 0.647. The number of nitrogens with one attached hydrogen (secondary N) is 1. The number of methoxy groups -OCH3 is 1. The molecule has 2 atom stereocenters. The van der Waals surface area contributed by atoms with Crippen molar-refractivity contribution in [1.29, 1.82) is 0 Å². The molecular formula is C17H26FNO. The number of rotatable bonds is 5. The van der Waals surface area contributed by atoms with E-state index in [-0.39, 0.29) is 11.9 Å². The number of hydrogen-bond donors (Lipinski definition) is 1. The van der Waals surface area contributed by atoms with Gasteiger partial charge in [-0.1, -0.05) is 25.3 Å². The lowest BCUT2D eigenvalue weighted by Crippen LogP contribution is -2.36. The predicted molar refractivity (Wildman–Crippen MR) is 80.5 cm³/mol. The van der Waals surface area contributed by atoms with Crippen LogP contribution in [0.5, 0.6) is 5.75 Å². The molecule has 1 fully saturated rings. The molecule has 1 unspecified atom stereocenters. The van der Waals surface area contributed by atoms with Crippen LogP contribution in [-0.4, -0.2) is 13.2 Å². The van der Waals surface area contributed by atoms with Crippen molar-refractivity contribution in [3.63, 3.8) is 0 Å². The maximum atomic E-state index is 14.1. The molecular weight excluding hydrogens is 253 g/mol. The van der Waals surface area contributed by atoms with Crippen molar-refractivity contribution in [2.75, 3.05) is 7.11 Å². The minimum Gasteiger partial charge on any atom is -0.497 e. The molecule has 0 saturated heterocycles. The standard InChI is InChI=1S/C17H26FNO/c1-12(14-7-5-4-6-8-14)19-13(2)16-10-9-15(20-3)11-17(16)18/h9-14,19H,4-8H2,1-3H3/t12-,13?/m0/s1. The molecule has 1 saturated carbocycles. The van der Waals surface area contributed by atoms with E-state index in [2.05, 4.69) is 12.2 Å². The first-order chi connectivity index (χ1) is 9.61. The highest BCUT2D eigenvalue weighted by molar-refractivity contribution is 5.30. The third kappa shape index (κ3) is 3.72. The number of ether oxygens (including phenoxy) is 1. The Kier molecular flexibility index (Phi) is 5.41. The maximum Gasteiger partial charge on any atom is 0.131 e. The fourth-order valence-electron chi connectivity index (χ4n) is 3.24. The minimum atomic E-state index is -0.194. The SMILES string of the molecule is COc1ccc(C(C)N[C@@H](C)C2CCCCC2)c(F)c1. The van der Waals surface area contributed by atoms with Gasteiger partial charge in [0.05, 0.1) is 7.11 Å². The Balaban J connectivity index is 1.98. The molecule has 0 amide bonds. The Labute approximate surface area is 121 Å². The average molecular weight is 279 g/mol. The van der Waals surface area contributed by atoms with E-state index in [1.54, 1.807) is 7.11 Å². The van der Waals surface area contributed by atoms with Gasteiger partial charge in [-0.3, -0.25) is 0 Å². The topological polar surface area (TPSA) is 21.3 Å². The highest BCUT2D eigenvalue weighted by atomic mass is 19.1. The van der Waals surface area contributed by atoms with E-state index >= 15 is 0 Å². The molecule has 0 bridgehead atoms. The number of hydrogen-bond acceptors (Lipinski definition) is 2. The van der Waals surface area contributed by atoms with Gasteiger partial charge in [0.25, 0.3) is 0 Å². The van der Waals surface area contributed by atoms with Crippen molar-refractivity contribution in [2.24, 2.45) is 5.92 Å². The van der Waals surface area contributed by atoms with Crippen LogP contribution in [0.2, 0.25) is 0 Å². The summed E-state index contributed by atoms with van der Waals surface area (Å²) in [6.45, 7) is 4.26. The summed E-state index contributed by atoms with van der Waals surface area (Å²) in [7, 11) is 1.56. The lowest BCUT2D eigenvalue weighted by Gasteiger charge is -2.31. The lowest BCUT2D eigenvalue weighted by molar-refractivity contribution is 0.267. The summed E-state index contributed by atoms with van der Waals surface area (Å²) < 4.78 is 19.1. The molecule has 112 valence electrons. The third-order valence-electron chi connectivity index (χ3n) is 4.54. The second-order valence-electron chi connectivity index (χ2n) is 5.96. The van der Waals surface area contributed by atoms with Crippen LogP contribution in [0.25, 0.3) is 0 Å². The summed E-state index contributed by atoms with van der Waals surface area (Å²) in [6.07, 6.45) is 6.63.